The van der Waals surface area contributed by atoms with Crippen molar-refractivity contribution in [3.8, 4) is 0 Å². The van der Waals surface area contributed by atoms with Gasteiger partial charge in [0.25, 0.3) is 0 Å². The molecular formula is C26H38N6O6S2. The Hall–Kier alpha value is -2.68. The number of ether oxygens (including phenoxy) is 1. The average Bonchev–Trinajstić information content (AvgIpc) is 2.93. The second-order valence-electron chi connectivity index (χ2n) is 9.59. The van der Waals surface area contributed by atoms with Crippen LogP contribution in [0.25, 0.3) is 0 Å². The fourth-order valence-electron chi connectivity index (χ4n) is 4.64. The molecule has 220 valence electrons. The molecule has 2 aromatic heterocycles. The Kier molecular flexibility index (Phi) is 12.7. The van der Waals surface area contributed by atoms with Gasteiger partial charge in [-0.25, -0.2) is 29.5 Å². The Labute approximate surface area is 242 Å². The maximum Gasteiger partial charge on any atom is 0.343 e. The molecule has 2 saturated carbocycles. The van der Waals surface area contributed by atoms with E-state index in [-0.39, 0.29) is 29.9 Å². The number of esters is 1. The van der Waals surface area contributed by atoms with Crippen molar-refractivity contribution in [1.29, 1.82) is 0 Å². The number of anilines is 2. The van der Waals surface area contributed by atoms with Crippen LogP contribution in [0.2, 0.25) is 0 Å². The minimum atomic E-state index is -1.05. The van der Waals surface area contributed by atoms with E-state index in [4.69, 9.17) is 9.84 Å². The fraction of sp³-hybridized carbons (Fsp3) is 0.615. The van der Waals surface area contributed by atoms with Crippen LogP contribution in [0.4, 0.5) is 11.6 Å². The van der Waals surface area contributed by atoms with Crippen LogP contribution in [0.5, 0.6) is 0 Å². The Balaban J connectivity index is 0.000000222. The van der Waals surface area contributed by atoms with Gasteiger partial charge in [-0.2, -0.15) is 0 Å². The molecule has 0 bridgehead atoms. The molecule has 0 unspecified atom stereocenters. The summed E-state index contributed by atoms with van der Waals surface area (Å²) in [5.41, 5.74) is 0.410. The minimum Gasteiger partial charge on any atom is -0.477 e. The summed E-state index contributed by atoms with van der Waals surface area (Å²) in [6.07, 6.45) is 12.6. The molecule has 2 aliphatic rings. The number of rotatable bonds is 9. The Morgan fingerprint density at radius 3 is 1.77 bits per heavy atom. The molecule has 0 radical (unpaired) electrons. The molecule has 4 atom stereocenters. The zero-order valence-corrected chi connectivity index (χ0v) is 24.6. The number of carboxylic acids is 1. The number of aliphatic hydroxyl groups excluding tert-OH is 2. The lowest BCUT2D eigenvalue weighted by atomic mass is 9.93. The van der Waals surface area contributed by atoms with E-state index in [0.717, 1.165) is 38.5 Å². The third kappa shape index (κ3) is 9.46. The molecule has 0 amide bonds. The molecule has 0 aromatic carbocycles. The fourth-order valence-corrected chi connectivity index (χ4v) is 5.32. The first-order valence-electron chi connectivity index (χ1n) is 13.4. The third-order valence-corrected chi connectivity index (χ3v) is 7.72. The van der Waals surface area contributed by atoms with Crippen molar-refractivity contribution in [2.75, 3.05) is 29.8 Å². The first-order chi connectivity index (χ1) is 19.2. The summed E-state index contributed by atoms with van der Waals surface area (Å²) in [5, 5.41) is 36.1. The molecule has 2 aliphatic carbocycles. The summed E-state index contributed by atoms with van der Waals surface area (Å²) in [7, 11) is 0. The summed E-state index contributed by atoms with van der Waals surface area (Å²) in [4.78, 5) is 39.8. The van der Waals surface area contributed by atoms with Gasteiger partial charge in [0, 0.05) is 24.5 Å². The molecule has 0 saturated heterocycles. The van der Waals surface area contributed by atoms with Gasteiger partial charge in [-0.3, -0.25) is 0 Å². The zero-order chi connectivity index (χ0) is 29.1. The quantitative estimate of drug-likeness (QED) is 0.161. The highest BCUT2D eigenvalue weighted by molar-refractivity contribution is 7.98. The van der Waals surface area contributed by atoms with Crippen LogP contribution in [-0.4, -0.2) is 90.6 Å². The smallest absolute Gasteiger partial charge is 0.343 e. The summed E-state index contributed by atoms with van der Waals surface area (Å²) in [6.45, 7) is 2.07. The van der Waals surface area contributed by atoms with E-state index in [2.05, 4.69) is 30.6 Å². The maximum atomic E-state index is 12.0. The largest absolute Gasteiger partial charge is 0.477 e. The number of nitrogens with one attached hydrogen (secondary N) is 2. The van der Waals surface area contributed by atoms with Gasteiger partial charge in [0.05, 0.1) is 18.8 Å². The molecule has 2 aromatic rings. The summed E-state index contributed by atoms with van der Waals surface area (Å²) in [5.74, 6) is -0.645. The highest BCUT2D eigenvalue weighted by Gasteiger charge is 2.24. The maximum absolute atomic E-state index is 12.0. The van der Waals surface area contributed by atoms with Crippen molar-refractivity contribution in [1.82, 2.24) is 19.9 Å². The number of aromatic carboxylic acids is 1. The predicted octanol–water partition coefficient (Wildman–Crippen LogP) is 3.70. The van der Waals surface area contributed by atoms with Gasteiger partial charge >= 0.3 is 11.9 Å². The number of carbonyl (C=O) groups is 2. The van der Waals surface area contributed by atoms with E-state index in [1.54, 1.807) is 6.92 Å². The number of aromatic nitrogens is 4. The second kappa shape index (κ2) is 15.9. The number of aliphatic hydroxyl groups is 2. The van der Waals surface area contributed by atoms with Crippen molar-refractivity contribution >= 4 is 47.1 Å². The molecular weight excluding hydrogens is 556 g/mol. The van der Waals surface area contributed by atoms with E-state index in [0.29, 0.717) is 47.0 Å². The van der Waals surface area contributed by atoms with Crippen LogP contribution in [0.3, 0.4) is 0 Å². The van der Waals surface area contributed by atoms with Gasteiger partial charge < -0.3 is 30.7 Å². The molecule has 4 rings (SSSR count). The van der Waals surface area contributed by atoms with Crippen LogP contribution < -0.4 is 10.6 Å². The monoisotopic (exact) mass is 594 g/mol. The molecule has 14 heteroatoms. The number of nitrogens with zero attached hydrogens (tertiary/aromatic N) is 4. The summed E-state index contributed by atoms with van der Waals surface area (Å²) >= 11 is 2.78. The lowest BCUT2D eigenvalue weighted by Crippen LogP contribution is -2.31. The van der Waals surface area contributed by atoms with E-state index < -0.39 is 11.9 Å². The highest BCUT2D eigenvalue weighted by atomic mass is 32.2. The Morgan fingerprint density at radius 1 is 0.875 bits per heavy atom. The van der Waals surface area contributed by atoms with E-state index in [1.807, 2.05) is 12.5 Å². The Morgan fingerprint density at radius 2 is 1.35 bits per heavy atom. The molecule has 0 spiro atoms. The van der Waals surface area contributed by atoms with E-state index >= 15 is 0 Å². The zero-order valence-electron chi connectivity index (χ0n) is 23.0. The van der Waals surface area contributed by atoms with Crippen molar-refractivity contribution in [3.05, 3.63) is 23.5 Å². The number of carbonyl (C=O) groups excluding carboxylic acids is 1. The summed E-state index contributed by atoms with van der Waals surface area (Å²) in [6, 6.07) is 0.179. The first kappa shape index (κ1) is 31.8. The van der Waals surface area contributed by atoms with Crippen LogP contribution in [0, 0.1) is 0 Å². The standard InChI is InChI=1S/C14H21N3O3S.C12H17N3O3S/c1-3-20-13(19)11-8-15-14(21-2)17-12(11)16-9-5-4-6-10(18)7-9;1-19-12-13-6-9(11(17)18)10(15-12)14-7-3-2-4-8(16)5-7/h8-10,18H,3-7H2,1-2H3,(H,15,16,17);6-8,16H,2-5H2,1H3,(H,17,18)(H,13,14,15)/t9-,10+;7-,8+/m11/s1. The van der Waals surface area contributed by atoms with Gasteiger partial charge in [-0.05, 0) is 70.8 Å². The van der Waals surface area contributed by atoms with Crippen LogP contribution in [-0.2, 0) is 4.74 Å². The van der Waals surface area contributed by atoms with Gasteiger partial charge in [0.2, 0.25) is 0 Å². The number of thioether (sulfide) groups is 2. The number of hydrogen-bond donors (Lipinski definition) is 5. The van der Waals surface area contributed by atoms with Crippen LogP contribution in [0.1, 0.15) is 79.0 Å². The van der Waals surface area contributed by atoms with Crippen LogP contribution in [0.15, 0.2) is 22.7 Å². The average molecular weight is 595 g/mol. The molecule has 40 heavy (non-hydrogen) atoms. The third-order valence-electron chi connectivity index (χ3n) is 6.60. The van der Waals surface area contributed by atoms with Crippen molar-refractivity contribution in [3.63, 3.8) is 0 Å². The summed E-state index contributed by atoms with van der Waals surface area (Å²) < 4.78 is 5.04. The number of carboxylic acid groups (broad SMARTS) is 1. The van der Waals surface area contributed by atoms with Crippen LogP contribution >= 0.6 is 23.5 Å². The lowest BCUT2D eigenvalue weighted by Gasteiger charge is -2.27. The van der Waals surface area contributed by atoms with Gasteiger partial charge in [0.1, 0.15) is 22.8 Å². The molecule has 2 fully saturated rings. The topological polar surface area (TPSA) is 180 Å². The van der Waals surface area contributed by atoms with Gasteiger partial charge in [-0.1, -0.05) is 23.5 Å². The first-order valence-corrected chi connectivity index (χ1v) is 15.8. The van der Waals surface area contributed by atoms with E-state index in [1.165, 1.54) is 35.9 Å². The van der Waals surface area contributed by atoms with Gasteiger partial charge in [-0.15, -0.1) is 0 Å². The normalized spacial score (nSPS) is 22.4. The Bertz CT molecular complexity index is 1140. The molecule has 2 heterocycles. The van der Waals surface area contributed by atoms with E-state index in [9.17, 15) is 19.8 Å². The number of hydrogen-bond acceptors (Lipinski definition) is 13. The molecule has 12 nitrogen and oxygen atoms in total. The van der Waals surface area contributed by atoms with Crippen molar-refractivity contribution in [2.45, 2.75) is 92.9 Å². The van der Waals surface area contributed by atoms with Crippen molar-refractivity contribution in [2.24, 2.45) is 0 Å². The SMILES string of the molecule is CCOC(=O)c1cnc(SC)nc1N[C@@H]1CCC[C@H](O)C1.CSc1ncc(C(=O)O)c(N[C@@H]2CCC[C@H](O)C2)n1. The molecule has 5 N–H and O–H groups in total. The lowest BCUT2D eigenvalue weighted by molar-refractivity contribution is 0.0525. The predicted molar refractivity (Wildman–Crippen MR) is 154 cm³/mol. The minimum absolute atomic E-state index is 0.0615. The van der Waals surface area contributed by atoms with Crippen molar-refractivity contribution < 1.29 is 29.6 Å². The molecule has 0 aliphatic heterocycles. The second-order valence-corrected chi connectivity index (χ2v) is 11.1. The highest BCUT2D eigenvalue weighted by Crippen LogP contribution is 2.26. The van der Waals surface area contributed by atoms with Gasteiger partial charge in [0.15, 0.2) is 10.3 Å².